The summed E-state index contributed by atoms with van der Waals surface area (Å²) in [6.07, 6.45) is 0.211. The molecule has 44 heavy (non-hydrogen) atoms. The molecule has 230 valence electrons. The van der Waals surface area contributed by atoms with E-state index in [1.54, 1.807) is 60.7 Å². The molecule has 0 unspecified atom stereocenters. The number of benzene rings is 4. The lowest BCUT2D eigenvalue weighted by Gasteiger charge is -2.34. The summed E-state index contributed by atoms with van der Waals surface area (Å²) in [5, 5.41) is 3.59. The van der Waals surface area contributed by atoms with Crippen molar-refractivity contribution in [2.45, 2.75) is 50.7 Å². The number of carbonyl (C=O) groups excluding carboxylic acids is 2. The van der Waals surface area contributed by atoms with E-state index in [4.69, 9.17) is 23.2 Å². The number of anilines is 1. The summed E-state index contributed by atoms with van der Waals surface area (Å²) in [5.74, 6) is -0.916. The summed E-state index contributed by atoms with van der Waals surface area (Å²) >= 11 is 12.5. The molecule has 1 atom stereocenters. The number of nitrogens with zero attached hydrogens (tertiary/aromatic N) is 2. The van der Waals surface area contributed by atoms with Crippen LogP contribution in [0.3, 0.4) is 0 Å². The molecule has 0 saturated carbocycles. The topological polar surface area (TPSA) is 86.8 Å². The number of sulfonamides is 1. The third kappa shape index (κ3) is 8.40. The Morgan fingerprint density at radius 3 is 2.00 bits per heavy atom. The molecular weight excluding hydrogens is 617 g/mol. The quantitative estimate of drug-likeness (QED) is 0.186. The van der Waals surface area contributed by atoms with E-state index < -0.39 is 28.5 Å². The lowest BCUT2D eigenvalue weighted by atomic mass is 10.0. The molecule has 0 heterocycles. The van der Waals surface area contributed by atoms with Gasteiger partial charge >= 0.3 is 0 Å². The van der Waals surface area contributed by atoms with Crippen LogP contribution in [0.1, 0.15) is 30.5 Å². The number of amides is 2. The van der Waals surface area contributed by atoms with Crippen LogP contribution in [-0.4, -0.2) is 43.8 Å². The summed E-state index contributed by atoms with van der Waals surface area (Å²) in [6, 6.07) is 28.1. The van der Waals surface area contributed by atoms with E-state index in [1.165, 1.54) is 17.0 Å². The van der Waals surface area contributed by atoms with Gasteiger partial charge in [0.2, 0.25) is 11.8 Å². The molecule has 0 aliphatic heterocycles. The summed E-state index contributed by atoms with van der Waals surface area (Å²) in [6.45, 7) is 5.03. The van der Waals surface area contributed by atoms with Gasteiger partial charge in [0.25, 0.3) is 10.0 Å². The number of carbonyl (C=O) groups is 2. The first kappa shape index (κ1) is 33.1. The molecular formula is C34H35Cl2N3O4S. The van der Waals surface area contributed by atoms with Crippen molar-refractivity contribution >= 4 is 50.7 Å². The van der Waals surface area contributed by atoms with Crippen LogP contribution in [-0.2, 0) is 32.6 Å². The van der Waals surface area contributed by atoms with Gasteiger partial charge in [0.1, 0.15) is 12.6 Å². The van der Waals surface area contributed by atoms with Crippen LogP contribution in [0.2, 0.25) is 10.0 Å². The minimum Gasteiger partial charge on any atom is -0.352 e. The molecule has 4 rings (SSSR count). The number of hydrogen-bond donors (Lipinski definition) is 1. The van der Waals surface area contributed by atoms with E-state index in [-0.39, 0.29) is 29.8 Å². The highest BCUT2D eigenvalue weighted by atomic mass is 35.5. The molecule has 0 saturated heterocycles. The van der Waals surface area contributed by atoms with Crippen LogP contribution in [0.5, 0.6) is 0 Å². The van der Waals surface area contributed by atoms with Crippen molar-refractivity contribution in [2.75, 3.05) is 10.8 Å². The van der Waals surface area contributed by atoms with E-state index in [2.05, 4.69) is 5.32 Å². The van der Waals surface area contributed by atoms with Crippen molar-refractivity contribution in [1.82, 2.24) is 10.2 Å². The standard InChI is InChI=1S/C34H35Cl2N3O4S/c1-24(2)37-34(41)32(21-26-10-6-4-7-11-26)38(22-27-16-19-30(35)31(36)20-27)33(40)23-39(28-17-14-25(3)15-18-28)44(42,43)29-12-8-5-9-13-29/h4-20,24,32H,21-23H2,1-3H3,(H,37,41)/t32-/m1/s1. The number of halogens is 2. The molecule has 10 heteroatoms. The lowest BCUT2D eigenvalue weighted by molar-refractivity contribution is -0.140. The maximum Gasteiger partial charge on any atom is 0.264 e. The number of hydrogen-bond acceptors (Lipinski definition) is 4. The van der Waals surface area contributed by atoms with Crippen LogP contribution in [0.4, 0.5) is 5.69 Å². The van der Waals surface area contributed by atoms with E-state index in [1.807, 2.05) is 51.1 Å². The molecule has 4 aromatic carbocycles. The highest BCUT2D eigenvalue weighted by Gasteiger charge is 2.34. The van der Waals surface area contributed by atoms with Crippen molar-refractivity contribution in [3.8, 4) is 0 Å². The minimum atomic E-state index is -4.16. The van der Waals surface area contributed by atoms with Gasteiger partial charge in [0.05, 0.1) is 20.6 Å². The zero-order chi connectivity index (χ0) is 31.9. The van der Waals surface area contributed by atoms with Crippen LogP contribution in [0.25, 0.3) is 0 Å². The Morgan fingerprint density at radius 1 is 0.795 bits per heavy atom. The predicted octanol–water partition coefficient (Wildman–Crippen LogP) is 6.66. The molecule has 0 radical (unpaired) electrons. The van der Waals surface area contributed by atoms with Crippen LogP contribution >= 0.6 is 23.2 Å². The smallest absolute Gasteiger partial charge is 0.264 e. The van der Waals surface area contributed by atoms with Gasteiger partial charge in [-0.05, 0) is 68.3 Å². The Morgan fingerprint density at radius 2 is 1.41 bits per heavy atom. The van der Waals surface area contributed by atoms with E-state index in [9.17, 15) is 18.0 Å². The zero-order valence-corrected chi connectivity index (χ0v) is 27.1. The van der Waals surface area contributed by atoms with Crippen molar-refractivity contribution in [2.24, 2.45) is 0 Å². The third-order valence-corrected chi connectivity index (χ3v) is 9.50. The Kier molecular flexibility index (Phi) is 11.1. The molecule has 0 fully saturated rings. The van der Waals surface area contributed by atoms with Gasteiger partial charge < -0.3 is 10.2 Å². The summed E-state index contributed by atoms with van der Waals surface area (Å²) in [5.41, 5.74) is 2.74. The van der Waals surface area contributed by atoms with Gasteiger partial charge in [0, 0.05) is 19.0 Å². The summed E-state index contributed by atoms with van der Waals surface area (Å²) in [4.78, 5) is 29.6. The Hall–Kier alpha value is -3.85. The average molecular weight is 653 g/mol. The molecule has 7 nitrogen and oxygen atoms in total. The molecule has 0 aliphatic rings. The van der Waals surface area contributed by atoms with Crippen LogP contribution in [0.15, 0.2) is 108 Å². The molecule has 0 bridgehead atoms. The Bertz CT molecular complexity index is 1680. The van der Waals surface area contributed by atoms with Crippen LogP contribution < -0.4 is 9.62 Å². The maximum atomic E-state index is 14.4. The largest absolute Gasteiger partial charge is 0.352 e. The van der Waals surface area contributed by atoms with Gasteiger partial charge in [-0.1, -0.05) is 95.5 Å². The molecule has 0 aromatic heterocycles. The fraction of sp³-hybridized carbons (Fsp3) is 0.235. The predicted molar refractivity (Wildman–Crippen MR) is 176 cm³/mol. The monoisotopic (exact) mass is 651 g/mol. The van der Waals surface area contributed by atoms with Gasteiger partial charge in [0.15, 0.2) is 0 Å². The number of nitrogens with one attached hydrogen (secondary N) is 1. The average Bonchev–Trinajstić information content (AvgIpc) is 3.00. The minimum absolute atomic E-state index is 0.00808. The second kappa shape index (κ2) is 14.8. The third-order valence-electron chi connectivity index (χ3n) is 6.97. The van der Waals surface area contributed by atoms with E-state index >= 15 is 0 Å². The highest BCUT2D eigenvalue weighted by Crippen LogP contribution is 2.27. The zero-order valence-electron chi connectivity index (χ0n) is 24.8. The first-order valence-electron chi connectivity index (χ1n) is 14.2. The van der Waals surface area contributed by atoms with Gasteiger partial charge in [-0.25, -0.2) is 8.42 Å². The van der Waals surface area contributed by atoms with E-state index in [0.29, 0.717) is 21.3 Å². The van der Waals surface area contributed by atoms with Gasteiger partial charge in [-0.3, -0.25) is 13.9 Å². The summed E-state index contributed by atoms with van der Waals surface area (Å²) < 4.78 is 29.1. The second-order valence-electron chi connectivity index (χ2n) is 10.8. The van der Waals surface area contributed by atoms with Crippen LogP contribution in [0, 0.1) is 6.92 Å². The molecule has 0 spiro atoms. The Balaban J connectivity index is 1.81. The van der Waals surface area contributed by atoms with Crippen molar-refractivity contribution in [3.63, 3.8) is 0 Å². The first-order valence-corrected chi connectivity index (χ1v) is 16.4. The molecule has 2 amide bonds. The van der Waals surface area contributed by atoms with E-state index in [0.717, 1.165) is 15.4 Å². The highest BCUT2D eigenvalue weighted by molar-refractivity contribution is 7.92. The van der Waals surface area contributed by atoms with Gasteiger partial charge in [-0.15, -0.1) is 0 Å². The second-order valence-corrected chi connectivity index (χ2v) is 13.5. The fourth-order valence-corrected chi connectivity index (χ4v) is 6.48. The van der Waals surface area contributed by atoms with Crippen molar-refractivity contribution in [1.29, 1.82) is 0 Å². The number of aryl methyl sites for hydroxylation is 1. The summed E-state index contributed by atoms with van der Waals surface area (Å²) in [7, 11) is -4.16. The molecule has 4 aromatic rings. The first-order chi connectivity index (χ1) is 21.0. The Labute approximate surface area is 269 Å². The lowest BCUT2D eigenvalue weighted by Crippen LogP contribution is -2.54. The fourth-order valence-electron chi connectivity index (χ4n) is 4.73. The SMILES string of the molecule is Cc1ccc(N(CC(=O)N(Cc2ccc(Cl)c(Cl)c2)[C@H](Cc2ccccc2)C(=O)NC(C)C)S(=O)(=O)c2ccccc2)cc1. The normalized spacial score (nSPS) is 12.0. The van der Waals surface area contributed by atoms with Crippen molar-refractivity contribution in [3.05, 3.63) is 130 Å². The maximum absolute atomic E-state index is 14.4. The van der Waals surface area contributed by atoms with Gasteiger partial charge in [-0.2, -0.15) is 0 Å². The number of rotatable bonds is 12. The molecule has 0 aliphatic carbocycles. The van der Waals surface area contributed by atoms with Crippen molar-refractivity contribution < 1.29 is 18.0 Å². The molecule has 1 N–H and O–H groups in total.